The third-order valence-corrected chi connectivity index (χ3v) is 3.37. The van der Waals surface area contributed by atoms with Crippen molar-refractivity contribution < 1.29 is 22.4 Å². The van der Waals surface area contributed by atoms with E-state index in [1.807, 2.05) is 0 Å². The highest BCUT2D eigenvalue weighted by atomic mass is 19.3. The highest BCUT2D eigenvalue weighted by molar-refractivity contribution is 5.84. The molecule has 1 aliphatic carbocycles. The number of halogens is 4. The van der Waals surface area contributed by atoms with Crippen molar-refractivity contribution >= 4 is 5.91 Å². The van der Waals surface area contributed by atoms with Gasteiger partial charge in [-0.1, -0.05) is 12.8 Å². The highest BCUT2D eigenvalue weighted by Gasteiger charge is 2.52. The molecule has 112 valence electrons. The summed E-state index contributed by atoms with van der Waals surface area (Å²) >= 11 is 0. The van der Waals surface area contributed by atoms with Crippen molar-refractivity contribution in [3.8, 4) is 0 Å². The van der Waals surface area contributed by atoms with Crippen LogP contribution in [0.1, 0.15) is 25.7 Å². The summed E-state index contributed by atoms with van der Waals surface area (Å²) in [4.78, 5) is 14.4. The topological polar surface area (TPSA) is 23.6 Å². The average Bonchev–Trinajstić information content (AvgIpc) is 2.82. The van der Waals surface area contributed by atoms with Gasteiger partial charge in [0.15, 0.2) is 0 Å². The van der Waals surface area contributed by atoms with Gasteiger partial charge in [0.2, 0.25) is 0 Å². The summed E-state index contributed by atoms with van der Waals surface area (Å²) in [5.41, 5.74) is 0. The quantitative estimate of drug-likeness (QED) is 0.698. The zero-order valence-corrected chi connectivity index (χ0v) is 11.2. The van der Waals surface area contributed by atoms with Crippen LogP contribution >= 0.6 is 0 Å². The summed E-state index contributed by atoms with van der Waals surface area (Å²) in [6.45, 7) is 0.431. The second-order valence-electron chi connectivity index (χ2n) is 5.16. The Morgan fingerprint density at radius 1 is 1.21 bits per heavy atom. The lowest BCUT2D eigenvalue weighted by molar-refractivity contribution is -0.183. The van der Waals surface area contributed by atoms with Gasteiger partial charge in [-0.3, -0.25) is 4.79 Å². The molecule has 0 radical (unpaired) electrons. The molecule has 19 heavy (non-hydrogen) atoms. The molecule has 0 N–H and O–H groups in total. The van der Waals surface area contributed by atoms with E-state index in [9.17, 15) is 22.4 Å². The molecule has 0 bridgehead atoms. The fourth-order valence-corrected chi connectivity index (χ4v) is 2.26. The van der Waals surface area contributed by atoms with E-state index >= 15 is 0 Å². The first kappa shape index (κ1) is 16.2. The standard InChI is InChI=1S/C12H20F4N2O/c1-17(2)7-8-18(9-5-3-4-6-9)11(19)12(15,16)10(13)14/h9-10H,3-8H2,1-2H3. The largest absolute Gasteiger partial charge is 0.383 e. The van der Waals surface area contributed by atoms with Crippen molar-refractivity contribution in [2.24, 2.45) is 0 Å². The maximum atomic E-state index is 13.2. The summed E-state index contributed by atoms with van der Waals surface area (Å²) in [7, 11) is 3.48. The van der Waals surface area contributed by atoms with Crippen LogP contribution in [0.4, 0.5) is 17.6 Å². The first-order valence-electron chi connectivity index (χ1n) is 6.38. The number of alkyl halides is 4. The van der Waals surface area contributed by atoms with Crippen LogP contribution < -0.4 is 0 Å². The fraction of sp³-hybridized carbons (Fsp3) is 0.917. The van der Waals surface area contributed by atoms with Gasteiger partial charge in [0, 0.05) is 19.1 Å². The molecule has 0 unspecified atom stereocenters. The van der Waals surface area contributed by atoms with E-state index in [2.05, 4.69) is 0 Å². The van der Waals surface area contributed by atoms with Crippen molar-refractivity contribution in [2.75, 3.05) is 27.2 Å². The molecule has 7 heteroatoms. The Kier molecular flexibility index (Phi) is 5.58. The molecule has 0 aromatic heterocycles. The van der Waals surface area contributed by atoms with Gasteiger partial charge in [-0.2, -0.15) is 8.78 Å². The van der Waals surface area contributed by atoms with Gasteiger partial charge in [0.05, 0.1) is 0 Å². The number of carbonyl (C=O) groups excluding carboxylic acids is 1. The molecule has 1 fully saturated rings. The lowest BCUT2D eigenvalue weighted by Crippen LogP contribution is -2.52. The summed E-state index contributed by atoms with van der Waals surface area (Å²) in [6, 6.07) is -0.336. The van der Waals surface area contributed by atoms with E-state index in [0.717, 1.165) is 17.7 Å². The number of hydrogen-bond acceptors (Lipinski definition) is 2. The summed E-state index contributed by atoms with van der Waals surface area (Å²) < 4.78 is 51.0. The van der Waals surface area contributed by atoms with Crippen LogP contribution in [0.25, 0.3) is 0 Å². The molecule has 0 aliphatic heterocycles. The minimum absolute atomic E-state index is 0.0544. The summed E-state index contributed by atoms with van der Waals surface area (Å²) in [5.74, 6) is -6.33. The van der Waals surface area contributed by atoms with Crippen molar-refractivity contribution in [3.63, 3.8) is 0 Å². The van der Waals surface area contributed by atoms with Gasteiger partial charge in [0.1, 0.15) is 0 Å². The molecule has 0 aromatic rings. The number of hydrogen-bond donors (Lipinski definition) is 0. The molecule has 1 rings (SSSR count). The number of nitrogens with zero attached hydrogens (tertiary/aromatic N) is 2. The van der Waals surface area contributed by atoms with Crippen LogP contribution in [0.15, 0.2) is 0 Å². The Bertz CT molecular complexity index is 304. The van der Waals surface area contributed by atoms with Crippen LogP contribution in [0, 0.1) is 0 Å². The SMILES string of the molecule is CN(C)CCN(C(=O)C(F)(F)C(F)F)C1CCCC1. The third kappa shape index (κ3) is 4.06. The predicted octanol–water partition coefficient (Wildman–Crippen LogP) is 2.22. The molecule has 0 spiro atoms. The monoisotopic (exact) mass is 284 g/mol. The summed E-state index contributed by atoms with van der Waals surface area (Å²) in [6.07, 6.45) is -1.05. The minimum Gasteiger partial charge on any atom is -0.333 e. The molecule has 0 heterocycles. The highest BCUT2D eigenvalue weighted by Crippen LogP contribution is 2.30. The van der Waals surface area contributed by atoms with Gasteiger partial charge in [-0.25, -0.2) is 8.78 Å². The number of rotatable bonds is 6. The van der Waals surface area contributed by atoms with Gasteiger partial charge < -0.3 is 9.80 Å². The zero-order chi connectivity index (χ0) is 14.6. The van der Waals surface area contributed by atoms with Crippen LogP contribution in [0.2, 0.25) is 0 Å². The smallest absolute Gasteiger partial charge is 0.333 e. The van der Waals surface area contributed by atoms with Gasteiger partial charge >= 0.3 is 12.3 Å². The predicted molar refractivity (Wildman–Crippen MR) is 63.5 cm³/mol. The van der Waals surface area contributed by atoms with Gasteiger partial charge in [-0.15, -0.1) is 0 Å². The van der Waals surface area contributed by atoms with Crippen LogP contribution in [-0.2, 0) is 4.79 Å². The lowest BCUT2D eigenvalue weighted by atomic mass is 10.1. The van der Waals surface area contributed by atoms with Crippen LogP contribution in [0.3, 0.4) is 0 Å². The Labute approximate surface area is 110 Å². The first-order valence-corrected chi connectivity index (χ1v) is 6.38. The summed E-state index contributed by atoms with van der Waals surface area (Å²) in [5, 5.41) is 0. The molecule has 0 saturated heterocycles. The Hall–Kier alpha value is -0.850. The van der Waals surface area contributed by atoms with E-state index in [0.29, 0.717) is 19.4 Å². The van der Waals surface area contributed by atoms with E-state index in [4.69, 9.17) is 0 Å². The zero-order valence-electron chi connectivity index (χ0n) is 11.2. The van der Waals surface area contributed by atoms with E-state index in [1.165, 1.54) is 0 Å². The van der Waals surface area contributed by atoms with Crippen molar-refractivity contribution in [2.45, 2.75) is 44.1 Å². The van der Waals surface area contributed by atoms with Crippen molar-refractivity contribution in [1.29, 1.82) is 0 Å². The molecule has 0 aromatic carbocycles. The Balaban J connectivity index is 2.79. The van der Waals surface area contributed by atoms with Gasteiger partial charge in [-0.05, 0) is 26.9 Å². The lowest BCUT2D eigenvalue weighted by Gasteiger charge is -2.32. The third-order valence-electron chi connectivity index (χ3n) is 3.37. The molecule has 1 aliphatic rings. The number of carbonyl (C=O) groups is 1. The second kappa shape index (κ2) is 6.54. The number of amides is 1. The Morgan fingerprint density at radius 2 is 1.74 bits per heavy atom. The maximum Gasteiger partial charge on any atom is 0.383 e. The molecule has 1 saturated carbocycles. The first-order chi connectivity index (χ1) is 8.76. The van der Waals surface area contributed by atoms with Gasteiger partial charge in [0.25, 0.3) is 5.91 Å². The van der Waals surface area contributed by atoms with E-state index < -0.39 is 18.3 Å². The van der Waals surface area contributed by atoms with Crippen LogP contribution in [-0.4, -0.2) is 61.3 Å². The van der Waals surface area contributed by atoms with Crippen molar-refractivity contribution in [1.82, 2.24) is 9.80 Å². The molecule has 3 nitrogen and oxygen atoms in total. The molecule has 0 atom stereocenters. The normalized spacial score (nSPS) is 17.5. The minimum atomic E-state index is -4.59. The number of likely N-dealkylation sites (N-methyl/N-ethyl adjacent to an activating group) is 1. The molecular weight excluding hydrogens is 264 g/mol. The van der Waals surface area contributed by atoms with Crippen LogP contribution in [0.5, 0.6) is 0 Å². The Morgan fingerprint density at radius 3 is 2.16 bits per heavy atom. The molecular formula is C12H20F4N2O. The van der Waals surface area contributed by atoms with E-state index in [1.54, 1.807) is 19.0 Å². The van der Waals surface area contributed by atoms with Crippen molar-refractivity contribution in [3.05, 3.63) is 0 Å². The molecule has 1 amide bonds. The maximum absolute atomic E-state index is 13.2. The fourth-order valence-electron chi connectivity index (χ4n) is 2.26. The second-order valence-corrected chi connectivity index (χ2v) is 5.16. The van der Waals surface area contributed by atoms with E-state index in [-0.39, 0.29) is 12.6 Å². The average molecular weight is 284 g/mol.